The predicted octanol–water partition coefficient (Wildman–Crippen LogP) is 3.89. The van der Waals surface area contributed by atoms with Crippen molar-refractivity contribution in [2.45, 2.75) is 24.1 Å². The van der Waals surface area contributed by atoms with Gasteiger partial charge in [-0.05, 0) is 30.7 Å². The highest BCUT2D eigenvalue weighted by Gasteiger charge is 2.23. The second kappa shape index (κ2) is 10.5. The predicted molar refractivity (Wildman–Crippen MR) is 141 cm³/mol. The minimum absolute atomic E-state index is 0.0672. The van der Waals surface area contributed by atoms with Gasteiger partial charge in [-0.3, -0.25) is 14.4 Å². The Kier molecular flexibility index (Phi) is 7.01. The second-order valence-corrected chi connectivity index (χ2v) is 9.84. The van der Waals surface area contributed by atoms with Crippen LogP contribution in [0.1, 0.15) is 17.0 Å². The first-order chi connectivity index (χ1) is 17.1. The molecule has 0 radical (unpaired) electrons. The lowest BCUT2D eigenvalue weighted by molar-refractivity contribution is 0.243. The first-order valence-electron chi connectivity index (χ1n) is 11.9. The van der Waals surface area contributed by atoms with Gasteiger partial charge in [0.15, 0.2) is 0 Å². The van der Waals surface area contributed by atoms with Crippen molar-refractivity contribution in [2.75, 3.05) is 31.1 Å². The Labute approximate surface area is 210 Å². The minimum Gasteiger partial charge on any atom is -0.367 e. The van der Waals surface area contributed by atoms with E-state index >= 15 is 0 Å². The van der Waals surface area contributed by atoms with Crippen LogP contribution in [0.2, 0.25) is 0 Å². The standard InChI is InChI=1S/C27H30N6OS/c1-21-17-24(30(2)29-21)19-31-13-15-32(16-14-31)25-18-28-33(23-11-7-4-8-12-23)27(34)26(25)35-20-22-9-5-3-6-10-22/h3-12,17-18H,13-16,19-20H2,1-2H3. The van der Waals surface area contributed by atoms with Gasteiger partial charge >= 0.3 is 0 Å². The number of hydrogen-bond donors (Lipinski definition) is 0. The zero-order valence-corrected chi connectivity index (χ0v) is 21.0. The van der Waals surface area contributed by atoms with Crippen LogP contribution in [0.4, 0.5) is 5.69 Å². The van der Waals surface area contributed by atoms with E-state index < -0.39 is 0 Å². The van der Waals surface area contributed by atoms with Crippen molar-refractivity contribution in [3.05, 3.63) is 100 Å². The third-order valence-electron chi connectivity index (χ3n) is 6.34. The average Bonchev–Trinajstić information content (AvgIpc) is 3.21. The van der Waals surface area contributed by atoms with E-state index in [0.717, 1.165) is 60.4 Å². The Hall–Kier alpha value is -3.36. The Morgan fingerprint density at radius 2 is 1.63 bits per heavy atom. The summed E-state index contributed by atoms with van der Waals surface area (Å²) in [6, 6.07) is 22.1. The molecule has 2 aromatic heterocycles. The molecule has 4 aromatic rings. The molecule has 0 bridgehead atoms. The number of hydrogen-bond acceptors (Lipinski definition) is 6. The van der Waals surface area contributed by atoms with E-state index in [-0.39, 0.29) is 5.56 Å². The fourth-order valence-corrected chi connectivity index (χ4v) is 5.50. The van der Waals surface area contributed by atoms with Crippen molar-refractivity contribution < 1.29 is 0 Å². The maximum Gasteiger partial charge on any atom is 0.287 e. The molecule has 1 aliphatic rings. The van der Waals surface area contributed by atoms with Crippen molar-refractivity contribution in [1.29, 1.82) is 0 Å². The van der Waals surface area contributed by atoms with Crippen molar-refractivity contribution in [2.24, 2.45) is 7.05 Å². The van der Waals surface area contributed by atoms with Crippen LogP contribution in [0, 0.1) is 6.92 Å². The lowest BCUT2D eigenvalue weighted by Crippen LogP contribution is -2.47. The highest BCUT2D eigenvalue weighted by Crippen LogP contribution is 2.30. The van der Waals surface area contributed by atoms with Gasteiger partial charge in [-0.2, -0.15) is 14.9 Å². The zero-order chi connectivity index (χ0) is 24.2. The summed E-state index contributed by atoms with van der Waals surface area (Å²) in [4.78, 5) is 19.1. The molecule has 2 aromatic carbocycles. The van der Waals surface area contributed by atoms with Crippen LogP contribution in [0.15, 0.2) is 82.6 Å². The number of piperazine rings is 1. The average molecular weight is 487 g/mol. The van der Waals surface area contributed by atoms with E-state index in [0.29, 0.717) is 0 Å². The number of thioether (sulfide) groups is 1. The molecule has 1 fully saturated rings. The van der Waals surface area contributed by atoms with E-state index in [1.54, 1.807) is 11.8 Å². The van der Waals surface area contributed by atoms with E-state index in [1.165, 1.54) is 15.9 Å². The van der Waals surface area contributed by atoms with Crippen molar-refractivity contribution in [3.63, 3.8) is 0 Å². The molecular formula is C27H30N6OS. The van der Waals surface area contributed by atoms with E-state index in [4.69, 9.17) is 0 Å². The molecule has 0 unspecified atom stereocenters. The van der Waals surface area contributed by atoms with Gasteiger partial charge in [0.2, 0.25) is 0 Å². The second-order valence-electron chi connectivity index (χ2n) is 8.85. The number of nitrogens with zero attached hydrogens (tertiary/aromatic N) is 6. The summed E-state index contributed by atoms with van der Waals surface area (Å²) < 4.78 is 3.48. The normalized spacial score (nSPS) is 14.4. The number of aromatic nitrogens is 4. The molecule has 8 heteroatoms. The molecule has 0 spiro atoms. The van der Waals surface area contributed by atoms with Crippen LogP contribution in [-0.4, -0.2) is 50.6 Å². The van der Waals surface area contributed by atoms with Crippen molar-refractivity contribution in [3.8, 4) is 5.69 Å². The lowest BCUT2D eigenvalue weighted by Gasteiger charge is -2.36. The number of aryl methyl sites for hydroxylation is 2. The van der Waals surface area contributed by atoms with Gasteiger partial charge in [-0.25, -0.2) is 0 Å². The number of para-hydroxylation sites is 1. The Morgan fingerprint density at radius 3 is 2.29 bits per heavy atom. The van der Waals surface area contributed by atoms with Crippen LogP contribution in [-0.2, 0) is 19.3 Å². The molecule has 180 valence electrons. The van der Waals surface area contributed by atoms with Gasteiger partial charge < -0.3 is 4.90 Å². The smallest absolute Gasteiger partial charge is 0.287 e. The minimum atomic E-state index is -0.0672. The molecule has 0 amide bonds. The molecule has 0 aliphatic carbocycles. The summed E-state index contributed by atoms with van der Waals surface area (Å²) in [5, 5.41) is 9.03. The molecular weight excluding hydrogens is 456 g/mol. The monoisotopic (exact) mass is 486 g/mol. The maximum absolute atomic E-state index is 13.6. The van der Waals surface area contributed by atoms with Crippen LogP contribution >= 0.6 is 11.8 Å². The molecule has 0 atom stereocenters. The topological polar surface area (TPSA) is 59.2 Å². The third-order valence-corrected chi connectivity index (χ3v) is 7.49. The summed E-state index contributed by atoms with van der Waals surface area (Å²) >= 11 is 1.60. The number of benzene rings is 2. The van der Waals surface area contributed by atoms with E-state index in [1.807, 2.05) is 73.4 Å². The van der Waals surface area contributed by atoms with E-state index in [9.17, 15) is 4.79 Å². The summed E-state index contributed by atoms with van der Waals surface area (Å²) in [6.45, 7) is 6.47. The van der Waals surface area contributed by atoms with Crippen LogP contribution in [0.3, 0.4) is 0 Å². The van der Waals surface area contributed by atoms with E-state index in [2.05, 4.69) is 38.2 Å². The van der Waals surface area contributed by atoms with Crippen molar-refractivity contribution in [1.82, 2.24) is 24.5 Å². The fourth-order valence-electron chi connectivity index (χ4n) is 4.46. The Morgan fingerprint density at radius 1 is 0.943 bits per heavy atom. The molecule has 0 saturated carbocycles. The molecule has 0 N–H and O–H groups in total. The highest BCUT2D eigenvalue weighted by atomic mass is 32.2. The van der Waals surface area contributed by atoms with Crippen LogP contribution < -0.4 is 10.5 Å². The number of rotatable bonds is 7. The van der Waals surface area contributed by atoms with Gasteiger partial charge in [0.05, 0.1) is 29.0 Å². The van der Waals surface area contributed by atoms with Crippen molar-refractivity contribution >= 4 is 17.4 Å². The van der Waals surface area contributed by atoms with Gasteiger partial charge in [0.1, 0.15) is 4.90 Å². The van der Waals surface area contributed by atoms with Crippen LogP contribution in [0.5, 0.6) is 0 Å². The lowest BCUT2D eigenvalue weighted by atomic mass is 10.2. The maximum atomic E-state index is 13.6. The van der Waals surface area contributed by atoms with Gasteiger partial charge in [-0.1, -0.05) is 48.5 Å². The fraction of sp³-hybridized carbons (Fsp3) is 0.296. The Balaban J connectivity index is 1.38. The zero-order valence-electron chi connectivity index (χ0n) is 20.2. The summed E-state index contributed by atoms with van der Waals surface area (Å²) in [6.07, 6.45) is 1.86. The molecule has 3 heterocycles. The largest absolute Gasteiger partial charge is 0.367 e. The van der Waals surface area contributed by atoms with Gasteiger partial charge in [0, 0.05) is 45.5 Å². The first kappa shape index (κ1) is 23.4. The first-order valence-corrected chi connectivity index (χ1v) is 12.9. The molecule has 5 rings (SSSR count). The molecule has 35 heavy (non-hydrogen) atoms. The molecule has 1 saturated heterocycles. The Bertz CT molecular complexity index is 1330. The summed E-state index contributed by atoms with van der Waals surface area (Å²) in [7, 11) is 2.00. The van der Waals surface area contributed by atoms with Gasteiger partial charge in [-0.15, -0.1) is 11.8 Å². The van der Waals surface area contributed by atoms with Crippen LogP contribution in [0.25, 0.3) is 5.69 Å². The molecule has 7 nitrogen and oxygen atoms in total. The third kappa shape index (κ3) is 5.33. The quantitative estimate of drug-likeness (QED) is 0.370. The SMILES string of the molecule is Cc1cc(CN2CCN(c3cnn(-c4ccccc4)c(=O)c3SCc3ccccc3)CC2)n(C)n1. The summed E-state index contributed by atoms with van der Waals surface area (Å²) in [5.74, 6) is 0.738. The molecule has 1 aliphatic heterocycles. The highest BCUT2D eigenvalue weighted by molar-refractivity contribution is 7.98. The number of anilines is 1. The van der Waals surface area contributed by atoms with Gasteiger partial charge in [0.25, 0.3) is 5.56 Å². The summed E-state index contributed by atoms with van der Waals surface area (Å²) in [5.41, 5.74) is 5.11.